The Morgan fingerprint density at radius 2 is 2.39 bits per heavy atom. The van der Waals surface area contributed by atoms with Crippen molar-refractivity contribution in [3.05, 3.63) is 18.2 Å². The number of hydrogen-bond donors (Lipinski definition) is 1. The summed E-state index contributed by atoms with van der Waals surface area (Å²) in [5.41, 5.74) is 6.31. The first-order chi connectivity index (χ1) is 8.76. The van der Waals surface area contributed by atoms with Crippen LogP contribution in [0.2, 0.25) is 0 Å². The van der Waals surface area contributed by atoms with E-state index in [4.69, 9.17) is 10.5 Å². The summed E-state index contributed by atoms with van der Waals surface area (Å²) in [5.74, 6) is 0.931. The predicted molar refractivity (Wildman–Crippen MR) is 71.3 cm³/mol. The van der Waals surface area contributed by atoms with E-state index in [0.29, 0.717) is 0 Å². The molecule has 1 aromatic heterocycles. The lowest BCUT2D eigenvalue weighted by molar-refractivity contribution is -0.0424. The Labute approximate surface area is 109 Å². The van der Waals surface area contributed by atoms with Crippen LogP contribution >= 0.6 is 0 Å². The molecule has 2 atom stereocenters. The molecule has 5 heteroatoms. The van der Waals surface area contributed by atoms with Crippen LogP contribution in [-0.4, -0.2) is 46.8 Å². The molecular weight excluding hydrogens is 228 g/mol. The molecule has 18 heavy (non-hydrogen) atoms. The average Bonchev–Trinajstić information content (AvgIpc) is 2.87. The molecule has 1 saturated heterocycles. The van der Waals surface area contributed by atoms with Crippen LogP contribution in [-0.2, 0) is 11.3 Å². The van der Waals surface area contributed by atoms with Crippen LogP contribution < -0.4 is 5.73 Å². The maximum absolute atomic E-state index is 6.31. The molecule has 2 heterocycles. The third kappa shape index (κ3) is 2.91. The van der Waals surface area contributed by atoms with Crippen LogP contribution in [0.15, 0.2) is 12.4 Å². The van der Waals surface area contributed by atoms with Crippen LogP contribution in [0.5, 0.6) is 0 Å². The van der Waals surface area contributed by atoms with Gasteiger partial charge in [0.05, 0.1) is 18.8 Å². The van der Waals surface area contributed by atoms with E-state index >= 15 is 0 Å². The first-order valence-electron chi connectivity index (χ1n) is 6.86. The molecule has 2 rings (SSSR count). The lowest BCUT2D eigenvalue weighted by Gasteiger charge is -2.35. The smallest absolute Gasteiger partial charge is 0.128 e. The number of morpholine rings is 1. The Bertz CT molecular complexity index is 364. The van der Waals surface area contributed by atoms with Gasteiger partial charge in [-0.15, -0.1) is 0 Å². The van der Waals surface area contributed by atoms with Gasteiger partial charge < -0.3 is 15.0 Å². The molecular formula is C13H24N4O. The maximum Gasteiger partial charge on any atom is 0.128 e. The standard InChI is InChI=1S/C13H24N4O/c1-3-6-16-8-9-18-11(10-16)12(14)13-15-5-7-17(13)4-2/h5,7,11-12H,3-4,6,8-10,14H2,1-2H3. The van der Waals surface area contributed by atoms with Gasteiger partial charge in [-0.05, 0) is 19.9 Å². The fourth-order valence-electron chi connectivity index (χ4n) is 2.52. The average molecular weight is 252 g/mol. The zero-order chi connectivity index (χ0) is 13.0. The van der Waals surface area contributed by atoms with Gasteiger partial charge in [0.15, 0.2) is 0 Å². The quantitative estimate of drug-likeness (QED) is 0.850. The topological polar surface area (TPSA) is 56.3 Å². The number of aryl methyl sites for hydroxylation is 1. The molecule has 5 nitrogen and oxygen atoms in total. The highest BCUT2D eigenvalue weighted by Gasteiger charge is 2.28. The van der Waals surface area contributed by atoms with Gasteiger partial charge in [-0.1, -0.05) is 6.92 Å². The van der Waals surface area contributed by atoms with Crippen LogP contribution in [0.25, 0.3) is 0 Å². The summed E-state index contributed by atoms with van der Waals surface area (Å²) in [5, 5.41) is 0. The second kappa shape index (κ2) is 6.31. The van der Waals surface area contributed by atoms with E-state index < -0.39 is 0 Å². The molecule has 1 aliphatic heterocycles. The van der Waals surface area contributed by atoms with E-state index in [-0.39, 0.29) is 12.1 Å². The van der Waals surface area contributed by atoms with Gasteiger partial charge in [-0.2, -0.15) is 0 Å². The lowest BCUT2D eigenvalue weighted by atomic mass is 10.1. The van der Waals surface area contributed by atoms with Gasteiger partial charge in [0.1, 0.15) is 5.82 Å². The number of nitrogens with two attached hydrogens (primary N) is 1. The van der Waals surface area contributed by atoms with E-state index in [2.05, 4.69) is 28.3 Å². The molecule has 1 fully saturated rings. The molecule has 0 amide bonds. The number of rotatable bonds is 5. The largest absolute Gasteiger partial charge is 0.373 e. The molecule has 0 spiro atoms. The van der Waals surface area contributed by atoms with Crippen molar-refractivity contribution >= 4 is 0 Å². The summed E-state index contributed by atoms with van der Waals surface area (Å²) < 4.78 is 7.91. The fourth-order valence-corrected chi connectivity index (χ4v) is 2.52. The molecule has 2 N–H and O–H groups in total. The number of aromatic nitrogens is 2. The molecule has 0 radical (unpaired) electrons. The van der Waals surface area contributed by atoms with E-state index in [1.807, 2.05) is 12.4 Å². The highest BCUT2D eigenvalue weighted by Crippen LogP contribution is 2.19. The number of ether oxygens (including phenoxy) is 1. The monoisotopic (exact) mass is 252 g/mol. The first-order valence-corrected chi connectivity index (χ1v) is 6.86. The Morgan fingerprint density at radius 1 is 1.56 bits per heavy atom. The summed E-state index contributed by atoms with van der Waals surface area (Å²) >= 11 is 0. The second-order valence-electron chi connectivity index (χ2n) is 4.81. The van der Waals surface area contributed by atoms with Crippen molar-refractivity contribution in [1.82, 2.24) is 14.5 Å². The summed E-state index contributed by atoms with van der Waals surface area (Å²) in [6, 6.07) is -0.139. The minimum atomic E-state index is -0.139. The summed E-state index contributed by atoms with van der Waals surface area (Å²) in [4.78, 5) is 6.80. The first kappa shape index (κ1) is 13.5. The third-order valence-electron chi connectivity index (χ3n) is 3.50. The van der Waals surface area contributed by atoms with Crippen molar-refractivity contribution in [2.45, 2.75) is 39.0 Å². The molecule has 102 valence electrons. The SMILES string of the molecule is CCCN1CCOC(C(N)c2nccn2CC)C1. The van der Waals surface area contributed by atoms with Crippen LogP contribution in [0.1, 0.15) is 32.1 Å². The van der Waals surface area contributed by atoms with Crippen molar-refractivity contribution in [3.63, 3.8) is 0 Å². The van der Waals surface area contributed by atoms with Crippen molar-refractivity contribution in [3.8, 4) is 0 Å². The number of imidazole rings is 1. The Morgan fingerprint density at radius 3 is 3.11 bits per heavy atom. The van der Waals surface area contributed by atoms with E-state index in [1.165, 1.54) is 6.42 Å². The highest BCUT2D eigenvalue weighted by atomic mass is 16.5. The van der Waals surface area contributed by atoms with Crippen LogP contribution in [0.4, 0.5) is 0 Å². The molecule has 1 aromatic rings. The van der Waals surface area contributed by atoms with Gasteiger partial charge in [-0.3, -0.25) is 4.90 Å². The Kier molecular flexibility index (Phi) is 4.74. The lowest BCUT2D eigenvalue weighted by Crippen LogP contribution is -2.47. The Hall–Kier alpha value is -0.910. The summed E-state index contributed by atoms with van der Waals surface area (Å²) in [6.07, 6.45) is 5.01. The van der Waals surface area contributed by atoms with Crippen LogP contribution in [0, 0.1) is 0 Å². The fraction of sp³-hybridized carbons (Fsp3) is 0.769. The zero-order valence-corrected chi connectivity index (χ0v) is 11.4. The highest BCUT2D eigenvalue weighted by molar-refractivity contribution is 5.02. The third-order valence-corrected chi connectivity index (χ3v) is 3.50. The summed E-state index contributed by atoms with van der Waals surface area (Å²) in [7, 11) is 0. The van der Waals surface area contributed by atoms with Crippen LogP contribution in [0.3, 0.4) is 0 Å². The van der Waals surface area contributed by atoms with Gasteiger partial charge in [0.2, 0.25) is 0 Å². The van der Waals surface area contributed by atoms with Gasteiger partial charge in [0.25, 0.3) is 0 Å². The van der Waals surface area contributed by atoms with Gasteiger partial charge >= 0.3 is 0 Å². The molecule has 1 aliphatic rings. The van der Waals surface area contributed by atoms with E-state index in [9.17, 15) is 0 Å². The molecule has 0 bridgehead atoms. The molecule has 0 aliphatic carbocycles. The minimum absolute atomic E-state index is 0.0537. The zero-order valence-electron chi connectivity index (χ0n) is 11.4. The maximum atomic E-state index is 6.31. The van der Waals surface area contributed by atoms with Crippen molar-refractivity contribution in [2.24, 2.45) is 5.73 Å². The van der Waals surface area contributed by atoms with E-state index in [0.717, 1.165) is 38.6 Å². The number of nitrogens with zero attached hydrogens (tertiary/aromatic N) is 3. The normalized spacial score (nSPS) is 23.2. The van der Waals surface area contributed by atoms with Crippen molar-refractivity contribution in [2.75, 3.05) is 26.2 Å². The van der Waals surface area contributed by atoms with Gasteiger partial charge in [0, 0.05) is 32.0 Å². The second-order valence-corrected chi connectivity index (χ2v) is 4.81. The Balaban J connectivity index is 2.02. The number of hydrogen-bond acceptors (Lipinski definition) is 4. The van der Waals surface area contributed by atoms with Gasteiger partial charge in [-0.25, -0.2) is 4.98 Å². The summed E-state index contributed by atoms with van der Waals surface area (Å²) in [6.45, 7) is 9.01. The minimum Gasteiger partial charge on any atom is -0.373 e. The molecule has 0 aromatic carbocycles. The van der Waals surface area contributed by atoms with E-state index in [1.54, 1.807) is 0 Å². The molecule has 0 saturated carbocycles. The van der Waals surface area contributed by atoms with Crippen molar-refractivity contribution in [1.29, 1.82) is 0 Å². The van der Waals surface area contributed by atoms with Crippen molar-refractivity contribution < 1.29 is 4.74 Å². The predicted octanol–water partition coefficient (Wildman–Crippen LogP) is 1.01. The molecule has 2 unspecified atom stereocenters.